The number of anilines is 1. The van der Waals surface area contributed by atoms with Gasteiger partial charge in [-0.2, -0.15) is 0 Å². The van der Waals surface area contributed by atoms with Gasteiger partial charge >= 0.3 is 0 Å². The van der Waals surface area contributed by atoms with Crippen molar-refractivity contribution in [1.82, 2.24) is 5.32 Å². The molecule has 110 valence electrons. The van der Waals surface area contributed by atoms with Gasteiger partial charge in [0.05, 0.1) is 0 Å². The lowest BCUT2D eigenvalue weighted by Crippen LogP contribution is -2.34. The molecule has 0 aliphatic carbocycles. The van der Waals surface area contributed by atoms with E-state index in [4.69, 9.17) is 0 Å². The van der Waals surface area contributed by atoms with E-state index in [2.05, 4.69) is 36.2 Å². The van der Waals surface area contributed by atoms with Crippen LogP contribution < -0.4 is 10.2 Å². The maximum Gasteiger partial charge on any atom is 0.251 e. The molecule has 1 aromatic carbocycles. The van der Waals surface area contributed by atoms with Crippen LogP contribution >= 0.6 is 0 Å². The molecule has 0 radical (unpaired) electrons. The van der Waals surface area contributed by atoms with Crippen LogP contribution in [-0.2, 0) is 0 Å². The van der Waals surface area contributed by atoms with Gasteiger partial charge in [0.15, 0.2) is 0 Å². The van der Waals surface area contributed by atoms with Crippen molar-refractivity contribution in [1.29, 1.82) is 0 Å². The first-order valence-corrected chi connectivity index (χ1v) is 7.90. The molecule has 0 bridgehead atoms. The summed E-state index contributed by atoms with van der Waals surface area (Å²) in [5, 5.41) is 3.08. The molecule has 2 rings (SSSR count). The highest BCUT2D eigenvalue weighted by molar-refractivity contribution is 5.94. The smallest absolute Gasteiger partial charge is 0.251 e. The van der Waals surface area contributed by atoms with E-state index in [0.717, 1.165) is 31.5 Å². The number of hydrogen-bond donors (Lipinski definition) is 1. The number of nitrogens with zero attached hydrogens (tertiary/aromatic N) is 1. The van der Waals surface area contributed by atoms with Crippen LogP contribution in [0, 0.1) is 0 Å². The average Bonchev–Trinajstić information content (AvgIpc) is 2.53. The monoisotopic (exact) mass is 274 g/mol. The molecule has 0 unspecified atom stereocenters. The molecule has 20 heavy (non-hydrogen) atoms. The highest BCUT2D eigenvalue weighted by atomic mass is 16.1. The largest absolute Gasteiger partial charge is 0.372 e. The van der Waals surface area contributed by atoms with Crippen LogP contribution in [0.3, 0.4) is 0 Å². The zero-order valence-electron chi connectivity index (χ0n) is 12.7. The Morgan fingerprint density at radius 2 is 1.70 bits per heavy atom. The van der Waals surface area contributed by atoms with E-state index >= 15 is 0 Å². The van der Waals surface area contributed by atoms with E-state index in [9.17, 15) is 4.79 Å². The molecule has 0 aromatic heterocycles. The van der Waals surface area contributed by atoms with Crippen LogP contribution in [-0.4, -0.2) is 25.0 Å². The summed E-state index contributed by atoms with van der Waals surface area (Å²) in [6.45, 7) is 6.49. The molecular formula is C17H26N2O. The van der Waals surface area contributed by atoms with Crippen molar-refractivity contribution in [2.24, 2.45) is 0 Å². The van der Waals surface area contributed by atoms with Crippen LogP contribution in [0.5, 0.6) is 0 Å². The summed E-state index contributed by atoms with van der Waals surface area (Å²) in [6.07, 6.45) is 5.85. The fourth-order valence-electron chi connectivity index (χ4n) is 2.74. The van der Waals surface area contributed by atoms with Crippen molar-refractivity contribution < 1.29 is 4.79 Å². The van der Waals surface area contributed by atoms with Crippen LogP contribution in [0.25, 0.3) is 0 Å². The summed E-state index contributed by atoms with van der Waals surface area (Å²) < 4.78 is 0. The van der Waals surface area contributed by atoms with Gasteiger partial charge < -0.3 is 10.2 Å². The molecule has 3 heteroatoms. The van der Waals surface area contributed by atoms with Gasteiger partial charge in [-0.05, 0) is 56.4 Å². The Kier molecular flexibility index (Phi) is 5.45. The second kappa shape index (κ2) is 7.32. The zero-order valence-corrected chi connectivity index (χ0v) is 12.7. The Morgan fingerprint density at radius 1 is 1.10 bits per heavy atom. The van der Waals surface area contributed by atoms with Crippen molar-refractivity contribution in [3.8, 4) is 0 Å². The van der Waals surface area contributed by atoms with Crippen LogP contribution in [0.4, 0.5) is 5.69 Å². The minimum absolute atomic E-state index is 0.0453. The SMILES string of the molecule is CCC(CC)NC(=O)c1ccc(N2CCCCC2)cc1. The number of piperidine rings is 1. The minimum Gasteiger partial charge on any atom is -0.372 e. The molecule has 1 aliphatic rings. The summed E-state index contributed by atoms with van der Waals surface area (Å²) >= 11 is 0. The Labute approximate surface area is 122 Å². The van der Waals surface area contributed by atoms with Gasteiger partial charge in [-0.3, -0.25) is 4.79 Å². The number of amides is 1. The predicted octanol–water partition coefficient (Wildman–Crippen LogP) is 3.60. The number of nitrogens with one attached hydrogen (secondary N) is 1. The van der Waals surface area contributed by atoms with Gasteiger partial charge in [0.25, 0.3) is 5.91 Å². The molecule has 0 saturated carbocycles. The van der Waals surface area contributed by atoms with Crippen molar-refractivity contribution in [2.75, 3.05) is 18.0 Å². The third kappa shape index (κ3) is 3.75. The van der Waals surface area contributed by atoms with Gasteiger partial charge in [0.1, 0.15) is 0 Å². The van der Waals surface area contributed by atoms with Gasteiger partial charge in [0, 0.05) is 30.4 Å². The number of benzene rings is 1. The van der Waals surface area contributed by atoms with Gasteiger partial charge in [-0.15, -0.1) is 0 Å². The van der Waals surface area contributed by atoms with Crippen LogP contribution in [0.15, 0.2) is 24.3 Å². The third-order valence-corrected chi connectivity index (χ3v) is 4.17. The van der Waals surface area contributed by atoms with Crippen LogP contribution in [0.2, 0.25) is 0 Å². The zero-order chi connectivity index (χ0) is 14.4. The fourth-order valence-corrected chi connectivity index (χ4v) is 2.74. The molecule has 0 spiro atoms. The highest BCUT2D eigenvalue weighted by Gasteiger charge is 2.13. The standard InChI is InChI=1S/C17H26N2O/c1-3-15(4-2)18-17(20)14-8-10-16(11-9-14)19-12-6-5-7-13-19/h8-11,15H,3-7,12-13H2,1-2H3,(H,18,20). The normalized spacial score (nSPS) is 15.4. The van der Waals surface area contributed by atoms with E-state index < -0.39 is 0 Å². The van der Waals surface area contributed by atoms with Crippen molar-refractivity contribution >= 4 is 11.6 Å². The summed E-state index contributed by atoms with van der Waals surface area (Å²) in [7, 11) is 0. The average molecular weight is 274 g/mol. The molecule has 1 heterocycles. The second-order valence-corrected chi connectivity index (χ2v) is 5.58. The van der Waals surface area contributed by atoms with E-state index in [1.54, 1.807) is 0 Å². The summed E-state index contributed by atoms with van der Waals surface area (Å²) in [6, 6.07) is 8.33. The van der Waals surface area contributed by atoms with Crippen molar-refractivity contribution in [2.45, 2.75) is 52.0 Å². The highest BCUT2D eigenvalue weighted by Crippen LogP contribution is 2.20. The molecule has 1 aliphatic heterocycles. The maximum absolute atomic E-state index is 12.1. The van der Waals surface area contributed by atoms with Gasteiger partial charge in [-0.25, -0.2) is 0 Å². The Balaban J connectivity index is 1.98. The Morgan fingerprint density at radius 3 is 2.25 bits per heavy atom. The minimum atomic E-state index is 0.0453. The number of carbonyl (C=O) groups excluding carboxylic acids is 1. The topological polar surface area (TPSA) is 32.3 Å². The Bertz CT molecular complexity index is 417. The summed E-state index contributed by atoms with van der Waals surface area (Å²) in [5.41, 5.74) is 2.00. The van der Waals surface area contributed by atoms with E-state index in [1.807, 2.05) is 12.1 Å². The van der Waals surface area contributed by atoms with E-state index in [0.29, 0.717) is 0 Å². The molecule has 1 saturated heterocycles. The lowest BCUT2D eigenvalue weighted by atomic mass is 10.1. The number of carbonyl (C=O) groups is 1. The predicted molar refractivity (Wildman–Crippen MR) is 84.3 cm³/mol. The van der Waals surface area contributed by atoms with Crippen molar-refractivity contribution in [3.05, 3.63) is 29.8 Å². The molecule has 1 aromatic rings. The summed E-state index contributed by atoms with van der Waals surface area (Å²) in [4.78, 5) is 14.5. The quantitative estimate of drug-likeness (QED) is 0.890. The third-order valence-electron chi connectivity index (χ3n) is 4.17. The summed E-state index contributed by atoms with van der Waals surface area (Å²) in [5.74, 6) is 0.0453. The van der Waals surface area contributed by atoms with Crippen molar-refractivity contribution in [3.63, 3.8) is 0 Å². The molecule has 3 nitrogen and oxygen atoms in total. The van der Waals surface area contributed by atoms with Gasteiger partial charge in [0.2, 0.25) is 0 Å². The lowest BCUT2D eigenvalue weighted by Gasteiger charge is -2.28. The first kappa shape index (κ1) is 14.9. The van der Waals surface area contributed by atoms with E-state index in [-0.39, 0.29) is 11.9 Å². The molecule has 1 fully saturated rings. The maximum atomic E-state index is 12.1. The van der Waals surface area contributed by atoms with E-state index in [1.165, 1.54) is 24.9 Å². The fraction of sp³-hybridized carbons (Fsp3) is 0.588. The number of hydrogen-bond acceptors (Lipinski definition) is 2. The molecule has 1 amide bonds. The van der Waals surface area contributed by atoms with Crippen LogP contribution in [0.1, 0.15) is 56.3 Å². The molecule has 0 atom stereocenters. The molecular weight excluding hydrogens is 248 g/mol. The van der Waals surface area contributed by atoms with Gasteiger partial charge in [-0.1, -0.05) is 13.8 Å². The second-order valence-electron chi connectivity index (χ2n) is 5.58. The number of rotatable bonds is 5. The first-order valence-electron chi connectivity index (χ1n) is 7.90. The Hall–Kier alpha value is -1.51. The lowest BCUT2D eigenvalue weighted by molar-refractivity contribution is 0.0935. The first-order chi connectivity index (χ1) is 9.74. The molecule has 1 N–H and O–H groups in total.